The highest BCUT2D eigenvalue weighted by Crippen LogP contribution is 2.69. The van der Waals surface area contributed by atoms with Gasteiger partial charge in [0, 0.05) is 27.6 Å². The van der Waals surface area contributed by atoms with Gasteiger partial charge in [0.1, 0.15) is 0 Å². The van der Waals surface area contributed by atoms with E-state index in [1.807, 2.05) is 0 Å². The molecule has 52 heavy (non-hydrogen) atoms. The molecule has 0 unspecified atom stereocenters. The van der Waals surface area contributed by atoms with Gasteiger partial charge in [0.05, 0.1) is 5.69 Å². The van der Waals surface area contributed by atoms with E-state index in [0.29, 0.717) is 0 Å². The van der Waals surface area contributed by atoms with Gasteiger partial charge in [-0.05, 0) is 147 Å². The molecule has 7 aromatic carbocycles. The highest BCUT2D eigenvalue weighted by atomic mass is 15.1. The third kappa shape index (κ3) is 3.69. The van der Waals surface area contributed by atoms with Crippen molar-refractivity contribution in [2.45, 2.75) is 56.8 Å². The molecule has 0 N–H and O–H groups in total. The molecule has 0 radical (unpaired) electrons. The number of nitrogens with zero attached hydrogens (tertiary/aromatic N) is 1. The first-order valence-corrected chi connectivity index (χ1v) is 19.7. The van der Waals surface area contributed by atoms with Gasteiger partial charge < -0.3 is 4.90 Å². The van der Waals surface area contributed by atoms with Crippen LogP contribution in [0, 0.1) is 23.7 Å². The molecule has 0 aromatic heterocycles. The molecule has 4 fully saturated rings. The van der Waals surface area contributed by atoms with Crippen molar-refractivity contribution in [1.82, 2.24) is 0 Å². The Morgan fingerprint density at radius 2 is 1.00 bits per heavy atom. The Morgan fingerprint density at radius 1 is 0.442 bits per heavy atom. The summed E-state index contributed by atoms with van der Waals surface area (Å²) >= 11 is 0. The van der Waals surface area contributed by atoms with E-state index < -0.39 is 0 Å². The number of hydrogen-bond acceptors (Lipinski definition) is 1. The topological polar surface area (TPSA) is 3.24 Å². The van der Waals surface area contributed by atoms with Crippen LogP contribution in [-0.4, -0.2) is 0 Å². The summed E-state index contributed by atoms with van der Waals surface area (Å²) in [5.74, 6) is 3.40. The van der Waals surface area contributed by atoms with E-state index in [0.717, 1.165) is 23.7 Å². The molecule has 7 aromatic rings. The van der Waals surface area contributed by atoms with Gasteiger partial charge in [-0.1, -0.05) is 123 Å². The van der Waals surface area contributed by atoms with Crippen LogP contribution in [0.5, 0.6) is 0 Å². The molecule has 0 atom stereocenters. The second kappa shape index (κ2) is 10.3. The Balaban J connectivity index is 1.11. The molecule has 0 aliphatic heterocycles. The summed E-state index contributed by atoms with van der Waals surface area (Å²) < 4.78 is 0. The van der Waals surface area contributed by atoms with Crippen molar-refractivity contribution in [2.75, 3.05) is 4.90 Å². The highest BCUT2D eigenvalue weighted by Gasteiger charge is 2.61. The van der Waals surface area contributed by atoms with Gasteiger partial charge in [-0.2, -0.15) is 0 Å². The summed E-state index contributed by atoms with van der Waals surface area (Å²) in [5, 5.41) is 5.16. The molecule has 0 heterocycles. The standard InChI is InChI=1S/C51H43N/c1-50(2)45-17-9-7-14-40(45)42-21-19-37(30-48(42)50)52(49-28-33-11-3-4-12-38(33)39-13-5-6-16-43(39)49)36-20-22-47-44(29-36)41-15-8-10-18-46(41)51(47)34-24-31-23-32(26-34)27-35(51)25-31/h3-22,28-32,34-35H,23-27H2,1-2H3. The first kappa shape index (κ1) is 29.4. The summed E-state index contributed by atoms with van der Waals surface area (Å²) in [5.41, 5.74) is 15.5. The minimum atomic E-state index is -0.0816. The van der Waals surface area contributed by atoms with Crippen LogP contribution in [-0.2, 0) is 10.8 Å². The Bertz CT molecular complexity index is 2610. The number of rotatable bonds is 3. The second-order valence-corrected chi connectivity index (χ2v) is 17.3. The van der Waals surface area contributed by atoms with Gasteiger partial charge >= 0.3 is 0 Å². The van der Waals surface area contributed by atoms with Crippen molar-refractivity contribution in [1.29, 1.82) is 0 Å². The summed E-state index contributed by atoms with van der Waals surface area (Å²) in [6.45, 7) is 4.79. The van der Waals surface area contributed by atoms with Gasteiger partial charge in [-0.25, -0.2) is 0 Å². The maximum absolute atomic E-state index is 2.58. The lowest BCUT2D eigenvalue weighted by Gasteiger charge is -2.61. The van der Waals surface area contributed by atoms with Crippen molar-refractivity contribution >= 4 is 38.6 Å². The third-order valence-corrected chi connectivity index (χ3v) is 14.6. The Morgan fingerprint density at radius 3 is 1.77 bits per heavy atom. The molecular weight excluding hydrogens is 627 g/mol. The van der Waals surface area contributed by atoms with Crippen molar-refractivity contribution in [3.63, 3.8) is 0 Å². The maximum atomic E-state index is 2.58. The van der Waals surface area contributed by atoms with Gasteiger partial charge in [0.15, 0.2) is 0 Å². The predicted molar refractivity (Wildman–Crippen MR) is 217 cm³/mol. The molecule has 0 amide bonds. The Labute approximate surface area is 306 Å². The minimum absolute atomic E-state index is 0.0816. The summed E-state index contributed by atoms with van der Waals surface area (Å²) in [7, 11) is 0. The van der Waals surface area contributed by atoms with Crippen LogP contribution in [0.1, 0.15) is 68.2 Å². The first-order chi connectivity index (χ1) is 25.5. The van der Waals surface area contributed by atoms with Crippen LogP contribution in [0.3, 0.4) is 0 Å². The van der Waals surface area contributed by atoms with Crippen molar-refractivity contribution in [2.24, 2.45) is 23.7 Å². The quantitative estimate of drug-likeness (QED) is 0.169. The molecule has 4 saturated carbocycles. The van der Waals surface area contributed by atoms with E-state index in [1.54, 1.807) is 11.1 Å². The molecule has 6 aliphatic rings. The average molecular weight is 670 g/mol. The average Bonchev–Trinajstić information content (AvgIpc) is 3.59. The van der Waals surface area contributed by atoms with Gasteiger partial charge in [0.25, 0.3) is 0 Å². The van der Waals surface area contributed by atoms with Crippen molar-refractivity contribution in [3.05, 3.63) is 162 Å². The van der Waals surface area contributed by atoms with Crippen LogP contribution in [0.2, 0.25) is 0 Å². The minimum Gasteiger partial charge on any atom is -0.310 e. The zero-order chi connectivity index (χ0) is 34.3. The fourth-order valence-corrected chi connectivity index (χ4v) is 12.8. The normalized spacial score (nSPS) is 25.3. The molecule has 1 nitrogen and oxygen atoms in total. The molecule has 6 aliphatic carbocycles. The van der Waals surface area contributed by atoms with Crippen LogP contribution in [0.15, 0.2) is 140 Å². The SMILES string of the molecule is CC1(C)c2ccccc2-c2ccc(N(c3ccc4c(c3)-c3ccccc3C43C4CC5CC(C4)CC3C5)c3cc4ccccc4c4ccccc34)cc21. The van der Waals surface area contributed by atoms with Crippen LogP contribution >= 0.6 is 0 Å². The second-order valence-electron chi connectivity index (χ2n) is 17.3. The van der Waals surface area contributed by atoms with E-state index in [-0.39, 0.29) is 10.8 Å². The zero-order valence-corrected chi connectivity index (χ0v) is 30.1. The zero-order valence-electron chi connectivity index (χ0n) is 30.1. The molecule has 1 heteroatoms. The smallest absolute Gasteiger partial charge is 0.0546 e. The van der Waals surface area contributed by atoms with Gasteiger partial charge in [-0.3, -0.25) is 0 Å². The lowest BCUT2D eigenvalue weighted by Crippen LogP contribution is -2.55. The van der Waals surface area contributed by atoms with Crippen LogP contribution < -0.4 is 4.90 Å². The Hall–Kier alpha value is -5.14. The predicted octanol–water partition coefficient (Wildman–Crippen LogP) is 13.5. The van der Waals surface area contributed by atoms with Gasteiger partial charge in [-0.15, -0.1) is 0 Å². The number of benzene rings is 7. The summed E-state index contributed by atoms with van der Waals surface area (Å²) in [6, 6.07) is 53.8. The maximum Gasteiger partial charge on any atom is 0.0546 e. The molecule has 252 valence electrons. The summed E-state index contributed by atoms with van der Waals surface area (Å²) in [4.78, 5) is 2.58. The lowest BCUT2D eigenvalue weighted by molar-refractivity contribution is -0.0399. The third-order valence-electron chi connectivity index (χ3n) is 14.6. The molecule has 4 bridgehead atoms. The van der Waals surface area contributed by atoms with Crippen LogP contribution in [0.4, 0.5) is 17.1 Å². The monoisotopic (exact) mass is 669 g/mol. The molecular formula is C51H43N. The fourth-order valence-electron chi connectivity index (χ4n) is 12.8. The van der Waals surface area contributed by atoms with E-state index in [4.69, 9.17) is 0 Å². The van der Waals surface area contributed by atoms with E-state index >= 15 is 0 Å². The molecule has 13 rings (SSSR count). The molecule has 0 saturated heterocycles. The van der Waals surface area contributed by atoms with Crippen molar-refractivity contribution < 1.29 is 0 Å². The highest BCUT2D eigenvalue weighted by molar-refractivity contribution is 6.14. The summed E-state index contributed by atoms with van der Waals surface area (Å²) in [6.07, 6.45) is 7.11. The largest absolute Gasteiger partial charge is 0.310 e. The van der Waals surface area contributed by atoms with E-state index in [2.05, 4.69) is 158 Å². The number of anilines is 3. The van der Waals surface area contributed by atoms with Crippen molar-refractivity contribution in [3.8, 4) is 22.3 Å². The number of hydrogen-bond donors (Lipinski definition) is 0. The number of fused-ring (bicyclic) bond motifs is 9. The van der Waals surface area contributed by atoms with E-state index in [1.165, 1.54) is 104 Å². The fraction of sp³-hybridized carbons (Fsp3) is 0.255. The van der Waals surface area contributed by atoms with Crippen LogP contribution in [0.25, 0.3) is 43.8 Å². The van der Waals surface area contributed by atoms with E-state index in [9.17, 15) is 0 Å². The van der Waals surface area contributed by atoms with Gasteiger partial charge in [0.2, 0.25) is 0 Å². The Kier molecular flexibility index (Phi) is 5.81. The lowest BCUT2D eigenvalue weighted by atomic mass is 9.43. The first-order valence-electron chi connectivity index (χ1n) is 19.7. The molecule has 1 spiro atoms.